The van der Waals surface area contributed by atoms with Crippen LogP contribution in [0.3, 0.4) is 0 Å². The zero-order valence-electron chi connectivity index (χ0n) is 11.2. The Morgan fingerprint density at radius 3 is 2.78 bits per heavy atom. The van der Waals surface area contributed by atoms with E-state index in [1.165, 1.54) is 38.8 Å². The van der Waals surface area contributed by atoms with Crippen LogP contribution in [0.4, 0.5) is 0 Å². The Labute approximate surface area is 110 Å². The molecule has 0 aromatic carbocycles. The second kappa shape index (κ2) is 5.57. The van der Waals surface area contributed by atoms with Crippen LogP contribution in [-0.2, 0) is 4.79 Å². The fourth-order valence-electron chi connectivity index (χ4n) is 3.25. The molecule has 4 nitrogen and oxygen atoms in total. The lowest BCUT2D eigenvalue weighted by Crippen LogP contribution is -2.43. The second-order valence-electron chi connectivity index (χ2n) is 6.00. The van der Waals surface area contributed by atoms with Crippen molar-refractivity contribution >= 4 is 5.91 Å². The summed E-state index contributed by atoms with van der Waals surface area (Å²) in [6.45, 7) is 5.39. The van der Waals surface area contributed by atoms with Crippen molar-refractivity contribution < 1.29 is 4.79 Å². The van der Waals surface area contributed by atoms with E-state index in [0.717, 1.165) is 38.5 Å². The summed E-state index contributed by atoms with van der Waals surface area (Å²) in [6.07, 6.45) is 7.21. The smallest absolute Gasteiger partial charge is 0.222 e. The fourth-order valence-corrected chi connectivity index (χ4v) is 3.25. The predicted octanol–water partition coefficient (Wildman–Crippen LogP) is 0.825. The van der Waals surface area contributed by atoms with Crippen LogP contribution in [0.5, 0.6) is 0 Å². The molecule has 1 N–H and O–H groups in total. The van der Waals surface area contributed by atoms with Gasteiger partial charge in [-0.15, -0.1) is 0 Å². The number of carbonyl (C=O) groups is 1. The van der Waals surface area contributed by atoms with Crippen molar-refractivity contribution in [1.82, 2.24) is 15.1 Å². The predicted molar refractivity (Wildman–Crippen MR) is 71.4 cm³/mol. The zero-order chi connectivity index (χ0) is 12.4. The average molecular weight is 251 g/mol. The average Bonchev–Trinajstić information content (AvgIpc) is 2.93. The second-order valence-corrected chi connectivity index (χ2v) is 6.00. The third kappa shape index (κ3) is 3.04. The van der Waals surface area contributed by atoms with E-state index in [-0.39, 0.29) is 0 Å². The molecule has 102 valence electrons. The molecule has 0 spiro atoms. The van der Waals surface area contributed by atoms with Gasteiger partial charge in [0, 0.05) is 44.7 Å². The summed E-state index contributed by atoms with van der Waals surface area (Å²) >= 11 is 0. The van der Waals surface area contributed by atoms with Crippen LogP contribution < -0.4 is 5.32 Å². The topological polar surface area (TPSA) is 35.6 Å². The van der Waals surface area contributed by atoms with Crippen LogP contribution in [0.1, 0.15) is 38.5 Å². The minimum absolute atomic E-state index is 0.365. The Balaban J connectivity index is 1.46. The maximum Gasteiger partial charge on any atom is 0.222 e. The first kappa shape index (κ1) is 12.4. The van der Waals surface area contributed by atoms with E-state index >= 15 is 0 Å². The van der Waals surface area contributed by atoms with Gasteiger partial charge in [0.2, 0.25) is 5.91 Å². The third-order valence-electron chi connectivity index (χ3n) is 4.51. The first-order valence-electron chi connectivity index (χ1n) is 7.58. The first-order valence-corrected chi connectivity index (χ1v) is 7.58. The maximum atomic E-state index is 11.6. The SMILES string of the molecule is O=C1CCCN1CCN(CC1CCCN1)C1CC1. The first-order chi connectivity index (χ1) is 8.83. The van der Waals surface area contributed by atoms with Gasteiger partial charge in [0.1, 0.15) is 0 Å². The molecule has 0 bridgehead atoms. The van der Waals surface area contributed by atoms with Crippen LogP contribution in [0.2, 0.25) is 0 Å². The summed E-state index contributed by atoms with van der Waals surface area (Å²) in [5, 5.41) is 3.58. The summed E-state index contributed by atoms with van der Waals surface area (Å²) < 4.78 is 0. The molecule has 3 fully saturated rings. The molecule has 1 amide bonds. The number of hydrogen-bond acceptors (Lipinski definition) is 3. The lowest BCUT2D eigenvalue weighted by atomic mass is 10.2. The number of likely N-dealkylation sites (tertiary alicyclic amines) is 1. The largest absolute Gasteiger partial charge is 0.341 e. The highest BCUT2D eigenvalue weighted by molar-refractivity contribution is 5.78. The number of nitrogens with zero attached hydrogens (tertiary/aromatic N) is 2. The Hall–Kier alpha value is -0.610. The highest BCUT2D eigenvalue weighted by Gasteiger charge is 2.32. The van der Waals surface area contributed by atoms with Gasteiger partial charge in [-0.05, 0) is 38.6 Å². The molecule has 3 rings (SSSR count). The number of hydrogen-bond donors (Lipinski definition) is 1. The molecule has 1 unspecified atom stereocenters. The van der Waals surface area contributed by atoms with E-state index in [4.69, 9.17) is 0 Å². The van der Waals surface area contributed by atoms with Gasteiger partial charge in [-0.25, -0.2) is 0 Å². The molecule has 2 aliphatic heterocycles. The van der Waals surface area contributed by atoms with Crippen LogP contribution in [0, 0.1) is 0 Å². The van der Waals surface area contributed by atoms with Crippen molar-refractivity contribution in [1.29, 1.82) is 0 Å². The van der Waals surface area contributed by atoms with E-state index in [2.05, 4.69) is 15.1 Å². The standard InChI is InChI=1S/C14H25N3O/c18-14-4-2-8-16(14)9-10-17(13-5-6-13)11-12-3-1-7-15-12/h12-13,15H,1-11H2. The molecule has 2 heterocycles. The highest BCUT2D eigenvalue weighted by atomic mass is 16.2. The summed E-state index contributed by atoms with van der Waals surface area (Å²) in [4.78, 5) is 16.3. The minimum Gasteiger partial charge on any atom is -0.341 e. The normalized spacial score (nSPS) is 28.6. The van der Waals surface area contributed by atoms with Crippen molar-refractivity contribution in [3.05, 3.63) is 0 Å². The number of carbonyl (C=O) groups excluding carboxylic acids is 1. The van der Waals surface area contributed by atoms with Crippen LogP contribution >= 0.6 is 0 Å². The number of nitrogens with one attached hydrogen (secondary N) is 1. The molecule has 3 aliphatic rings. The highest BCUT2D eigenvalue weighted by Crippen LogP contribution is 2.27. The Morgan fingerprint density at radius 1 is 1.28 bits per heavy atom. The summed E-state index contributed by atoms with van der Waals surface area (Å²) in [5.74, 6) is 0.365. The van der Waals surface area contributed by atoms with Gasteiger partial charge >= 0.3 is 0 Å². The summed E-state index contributed by atoms with van der Waals surface area (Å²) in [5.41, 5.74) is 0. The summed E-state index contributed by atoms with van der Waals surface area (Å²) in [6, 6.07) is 1.50. The van der Waals surface area contributed by atoms with Crippen LogP contribution in [-0.4, -0.2) is 60.5 Å². The van der Waals surface area contributed by atoms with E-state index in [1.807, 2.05) is 0 Å². The molecule has 18 heavy (non-hydrogen) atoms. The lowest BCUT2D eigenvalue weighted by molar-refractivity contribution is -0.127. The molecule has 0 aromatic heterocycles. The van der Waals surface area contributed by atoms with Crippen LogP contribution in [0.25, 0.3) is 0 Å². The molecule has 1 saturated carbocycles. The van der Waals surface area contributed by atoms with Gasteiger partial charge in [0.15, 0.2) is 0 Å². The van der Waals surface area contributed by atoms with Gasteiger partial charge in [0.05, 0.1) is 0 Å². The fraction of sp³-hybridized carbons (Fsp3) is 0.929. The lowest BCUT2D eigenvalue weighted by Gasteiger charge is -2.27. The van der Waals surface area contributed by atoms with Crippen molar-refractivity contribution in [3.8, 4) is 0 Å². The monoisotopic (exact) mass is 251 g/mol. The molecule has 4 heteroatoms. The van der Waals surface area contributed by atoms with Gasteiger partial charge in [0.25, 0.3) is 0 Å². The molecule has 0 aromatic rings. The van der Waals surface area contributed by atoms with Crippen molar-refractivity contribution in [3.63, 3.8) is 0 Å². The van der Waals surface area contributed by atoms with Crippen LogP contribution in [0.15, 0.2) is 0 Å². The molecular weight excluding hydrogens is 226 g/mol. The minimum atomic E-state index is 0.365. The zero-order valence-corrected chi connectivity index (χ0v) is 11.2. The number of rotatable bonds is 6. The van der Waals surface area contributed by atoms with Gasteiger partial charge in [-0.2, -0.15) is 0 Å². The Morgan fingerprint density at radius 2 is 2.17 bits per heavy atom. The van der Waals surface area contributed by atoms with E-state index in [0.29, 0.717) is 11.9 Å². The van der Waals surface area contributed by atoms with E-state index < -0.39 is 0 Å². The molecule has 0 radical (unpaired) electrons. The van der Waals surface area contributed by atoms with E-state index in [9.17, 15) is 4.79 Å². The Kier molecular flexibility index (Phi) is 3.85. The van der Waals surface area contributed by atoms with E-state index in [1.54, 1.807) is 0 Å². The van der Waals surface area contributed by atoms with Gasteiger partial charge in [-0.1, -0.05) is 0 Å². The number of amides is 1. The van der Waals surface area contributed by atoms with Crippen molar-refractivity contribution in [2.45, 2.75) is 50.6 Å². The Bertz CT molecular complexity index is 297. The molecular formula is C14H25N3O. The maximum absolute atomic E-state index is 11.6. The van der Waals surface area contributed by atoms with Gasteiger partial charge in [-0.3, -0.25) is 9.69 Å². The van der Waals surface area contributed by atoms with Crippen molar-refractivity contribution in [2.75, 3.05) is 32.7 Å². The van der Waals surface area contributed by atoms with Crippen molar-refractivity contribution in [2.24, 2.45) is 0 Å². The molecule has 1 atom stereocenters. The molecule has 1 aliphatic carbocycles. The quantitative estimate of drug-likeness (QED) is 0.759. The summed E-state index contributed by atoms with van der Waals surface area (Å²) in [7, 11) is 0. The van der Waals surface area contributed by atoms with Gasteiger partial charge < -0.3 is 10.2 Å². The third-order valence-corrected chi connectivity index (χ3v) is 4.51. The molecule has 2 saturated heterocycles.